The van der Waals surface area contributed by atoms with Gasteiger partial charge in [-0.3, -0.25) is 4.90 Å². The average Bonchev–Trinajstić information content (AvgIpc) is 3.13. The maximum absolute atomic E-state index is 4.52. The van der Waals surface area contributed by atoms with Crippen molar-refractivity contribution in [3.05, 3.63) is 16.6 Å². The van der Waals surface area contributed by atoms with Crippen molar-refractivity contribution >= 4 is 11.3 Å². The number of thiazole rings is 1. The fourth-order valence-electron chi connectivity index (χ4n) is 4.10. The van der Waals surface area contributed by atoms with Gasteiger partial charge in [0.25, 0.3) is 0 Å². The molecule has 0 radical (unpaired) electrons. The normalized spacial score (nSPS) is 25.3. The van der Waals surface area contributed by atoms with E-state index in [9.17, 15) is 0 Å². The van der Waals surface area contributed by atoms with Gasteiger partial charge in [0.1, 0.15) is 5.01 Å². The molecule has 1 N–H and O–H groups in total. The van der Waals surface area contributed by atoms with Gasteiger partial charge in [-0.25, -0.2) is 4.98 Å². The Morgan fingerprint density at radius 3 is 2.65 bits per heavy atom. The number of aromatic nitrogens is 1. The second-order valence-corrected chi connectivity index (χ2v) is 7.53. The molecule has 1 saturated carbocycles. The fourth-order valence-corrected chi connectivity index (χ4v) is 4.74. The minimum Gasteiger partial charge on any atom is -0.308 e. The Morgan fingerprint density at radius 2 is 2.05 bits per heavy atom. The number of piperazine rings is 1. The molecule has 1 aromatic heterocycles. The summed E-state index contributed by atoms with van der Waals surface area (Å²) in [6, 6.07) is 0. The highest BCUT2D eigenvalue weighted by Crippen LogP contribution is 2.38. The molecule has 20 heavy (non-hydrogen) atoms. The molecule has 1 aliphatic heterocycles. The zero-order valence-electron chi connectivity index (χ0n) is 12.8. The summed E-state index contributed by atoms with van der Waals surface area (Å²) in [4.78, 5) is 7.26. The van der Waals surface area contributed by atoms with Crippen LogP contribution in [0.5, 0.6) is 0 Å². The fraction of sp³-hybridized carbons (Fsp3) is 0.812. The molecule has 0 atom stereocenters. The predicted octanol–water partition coefficient (Wildman–Crippen LogP) is 3.42. The Labute approximate surface area is 126 Å². The Balaban J connectivity index is 1.81. The lowest BCUT2D eigenvalue weighted by atomic mass is 9.82. The summed E-state index contributed by atoms with van der Waals surface area (Å²) >= 11 is 1.80. The smallest absolute Gasteiger partial charge is 0.107 e. The molecule has 1 saturated heterocycles. The Kier molecular flexibility index (Phi) is 4.16. The van der Waals surface area contributed by atoms with Crippen molar-refractivity contribution in [3.63, 3.8) is 0 Å². The Morgan fingerprint density at radius 1 is 1.30 bits per heavy atom. The van der Waals surface area contributed by atoms with Gasteiger partial charge in [0.15, 0.2) is 0 Å². The molecule has 1 spiro atoms. The van der Waals surface area contributed by atoms with Crippen LogP contribution in [0.2, 0.25) is 0 Å². The summed E-state index contributed by atoms with van der Waals surface area (Å²) in [5.41, 5.74) is 0.713. The third-order valence-electron chi connectivity index (χ3n) is 5.64. The molecule has 112 valence electrons. The Bertz CT molecular complexity index is 419. The molecule has 2 aliphatic rings. The third-order valence-corrected chi connectivity index (χ3v) is 6.41. The zero-order valence-corrected chi connectivity index (χ0v) is 13.6. The van der Waals surface area contributed by atoms with Crippen LogP contribution in [0.1, 0.15) is 57.4 Å². The van der Waals surface area contributed by atoms with Crippen molar-refractivity contribution in [2.45, 2.75) is 70.0 Å². The van der Waals surface area contributed by atoms with Gasteiger partial charge in [-0.15, -0.1) is 11.3 Å². The first-order chi connectivity index (χ1) is 9.72. The van der Waals surface area contributed by atoms with Crippen LogP contribution in [-0.4, -0.2) is 34.1 Å². The summed E-state index contributed by atoms with van der Waals surface area (Å²) in [7, 11) is 0. The zero-order chi connectivity index (χ0) is 14.1. The van der Waals surface area contributed by atoms with E-state index in [0.29, 0.717) is 11.1 Å². The van der Waals surface area contributed by atoms with Crippen molar-refractivity contribution in [3.8, 4) is 0 Å². The van der Waals surface area contributed by atoms with Crippen LogP contribution in [0.3, 0.4) is 0 Å². The molecule has 2 fully saturated rings. The molecule has 0 bridgehead atoms. The first-order valence-electron chi connectivity index (χ1n) is 8.10. The monoisotopic (exact) mass is 293 g/mol. The molecule has 1 aromatic rings. The number of hydrogen-bond donors (Lipinski definition) is 1. The first-order valence-corrected chi connectivity index (χ1v) is 8.98. The summed E-state index contributed by atoms with van der Waals surface area (Å²) in [5, 5.41) is 7.31. The van der Waals surface area contributed by atoms with Gasteiger partial charge in [0, 0.05) is 35.7 Å². The van der Waals surface area contributed by atoms with E-state index in [-0.39, 0.29) is 0 Å². The summed E-state index contributed by atoms with van der Waals surface area (Å²) < 4.78 is 0. The molecule has 0 unspecified atom stereocenters. The van der Waals surface area contributed by atoms with Gasteiger partial charge in [0.05, 0.1) is 6.54 Å². The SMILES string of the molecule is CCC1(CC)CNC2(CCCC2)CN1Cc1nccs1. The molecule has 1 aliphatic carbocycles. The van der Waals surface area contributed by atoms with Crippen LogP contribution >= 0.6 is 11.3 Å². The number of rotatable bonds is 4. The lowest BCUT2D eigenvalue weighted by Gasteiger charge is -2.53. The van der Waals surface area contributed by atoms with E-state index in [1.165, 1.54) is 50.1 Å². The van der Waals surface area contributed by atoms with Crippen LogP contribution in [0.25, 0.3) is 0 Å². The van der Waals surface area contributed by atoms with Crippen molar-refractivity contribution in [1.82, 2.24) is 15.2 Å². The molecule has 0 aromatic carbocycles. The maximum Gasteiger partial charge on any atom is 0.107 e. The largest absolute Gasteiger partial charge is 0.308 e. The highest BCUT2D eigenvalue weighted by Gasteiger charge is 2.46. The van der Waals surface area contributed by atoms with E-state index < -0.39 is 0 Å². The lowest BCUT2D eigenvalue weighted by Crippen LogP contribution is -2.68. The highest BCUT2D eigenvalue weighted by atomic mass is 32.1. The number of hydrogen-bond acceptors (Lipinski definition) is 4. The van der Waals surface area contributed by atoms with Gasteiger partial charge in [-0.2, -0.15) is 0 Å². The van der Waals surface area contributed by atoms with Crippen molar-refractivity contribution in [1.29, 1.82) is 0 Å². The quantitative estimate of drug-likeness (QED) is 0.922. The van der Waals surface area contributed by atoms with Crippen LogP contribution < -0.4 is 5.32 Å². The van der Waals surface area contributed by atoms with Crippen LogP contribution in [-0.2, 0) is 6.54 Å². The topological polar surface area (TPSA) is 28.2 Å². The third kappa shape index (κ3) is 2.53. The standard InChI is InChI=1S/C16H27N3S/c1-3-16(4-2)12-18-15(7-5-6-8-15)13-19(16)11-14-17-9-10-20-14/h9-10,18H,3-8,11-13H2,1-2H3. The summed E-state index contributed by atoms with van der Waals surface area (Å²) in [5.74, 6) is 0. The number of nitrogens with zero attached hydrogens (tertiary/aromatic N) is 2. The highest BCUT2D eigenvalue weighted by molar-refractivity contribution is 7.09. The van der Waals surface area contributed by atoms with Gasteiger partial charge in [-0.05, 0) is 25.7 Å². The second kappa shape index (κ2) is 5.74. The summed E-state index contributed by atoms with van der Waals surface area (Å²) in [6.45, 7) is 8.06. The van der Waals surface area contributed by atoms with Crippen LogP contribution in [0, 0.1) is 0 Å². The summed E-state index contributed by atoms with van der Waals surface area (Å²) in [6.07, 6.45) is 9.87. The van der Waals surface area contributed by atoms with E-state index in [1.807, 2.05) is 6.20 Å². The molecule has 0 amide bonds. The van der Waals surface area contributed by atoms with Gasteiger partial charge in [0.2, 0.25) is 0 Å². The first kappa shape index (κ1) is 14.5. The Hall–Kier alpha value is -0.450. The van der Waals surface area contributed by atoms with Crippen molar-refractivity contribution < 1.29 is 0 Å². The van der Waals surface area contributed by atoms with E-state index in [2.05, 4.69) is 34.4 Å². The molecule has 3 rings (SSSR count). The maximum atomic E-state index is 4.52. The molecular formula is C16H27N3S. The van der Waals surface area contributed by atoms with Crippen molar-refractivity contribution in [2.24, 2.45) is 0 Å². The molecular weight excluding hydrogens is 266 g/mol. The lowest BCUT2D eigenvalue weighted by molar-refractivity contribution is -0.00653. The molecule has 2 heterocycles. The van der Waals surface area contributed by atoms with Gasteiger partial charge in [-0.1, -0.05) is 26.7 Å². The van der Waals surface area contributed by atoms with Crippen LogP contribution in [0.4, 0.5) is 0 Å². The van der Waals surface area contributed by atoms with E-state index >= 15 is 0 Å². The average molecular weight is 293 g/mol. The van der Waals surface area contributed by atoms with Gasteiger partial charge >= 0.3 is 0 Å². The van der Waals surface area contributed by atoms with Crippen molar-refractivity contribution in [2.75, 3.05) is 13.1 Å². The van der Waals surface area contributed by atoms with E-state index in [0.717, 1.165) is 13.1 Å². The van der Waals surface area contributed by atoms with Crippen LogP contribution in [0.15, 0.2) is 11.6 Å². The molecule has 3 nitrogen and oxygen atoms in total. The molecule has 4 heteroatoms. The second-order valence-electron chi connectivity index (χ2n) is 6.55. The van der Waals surface area contributed by atoms with E-state index in [4.69, 9.17) is 0 Å². The number of nitrogens with one attached hydrogen (secondary N) is 1. The van der Waals surface area contributed by atoms with Gasteiger partial charge < -0.3 is 5.32 Å². The van der Waals surface area contributed by atoms with E-state index in [1.54, 1.807) is 11.3 Å². The predicted molar refractivity (Wildman–Crippen MR) is 85.0 cm³/mol. The minimum atomic E-state index is 0.319. The minimum absolute atomic E-state index is 0.319.